The lowest BCUT2D eigenvalue weighted by atomic mass is 10.1. The molecular weight excluding hydrogens is 224 g/mol. The molecule has 0 heterocycles. The molecule has 0 aromatic carbocycles. The van der Waals surface area contributed by atoms with Crippen LogP contribution in [0.1, 0.15) is 47.5 Å². The highest BCUT2D eigenvalue weighted by Gasteiger charge is 2.20. The lowest BCUT2D eigenvalue weighted by Gasteiger charge is -2.35. The predicted molar refractivity (Wildman–Crippen MR) is 80.1 cm³/mol. The maximum Gasteiger partial charge on any atom is 0.0628 e. The van der Waals surface area contributed by atoms with Crippen LogP contribution in [-0.2, 0) is 4.74 Å². The first-order valence-electron chi connectivity index (χ1n) is 7.55. The third-order valence-electron chi connectivity index (χ3n) is 3.37. The number of hydrogen-bond acceptors (Lipinski definition) is 3. The minimum Gasteiger partial charge on any atom is -0.383 e. The fraction of sp³-hybridized carbons (Fsp3) is 1.00. The molecule has 0 bridgehead atoms. The van der Waals surface area contributed by atoms with Gasteiger partial charge >= 0.3 is 0 Å². The molecule has 110 valence electrons. The third kappa shape index (κ3) is 7.34. The number of nitrogens with zero attached hydrogens (tertiary/aromatic N) is 1. The van der Waals surface area contributed by atoms with Gasteiger partial charge in [0.1, 0.15) is 0 Å². The van der Waals surface area contributed by atoms with Crippen molar-refractivity contribution in [2.75, 3.05) is 33.4 Å². The highest BCUT2D eigenvalue weighted by atomic mass is 16.5. The second-order valence-electron chi connectivity index (χ2n) is 5.53. The Morgan fingerprint density at radius 1 is 1.06 bits per heavy atom. The van der Waals surface area contributed by atoms with Crippen LogP contribution in [0.2, 0.25) is 0 Å². The zero-order valence-corrected chi connectivity index (χ0v) is 13.3. The van der Waals surface area contributed by atoms with Crippen molar-refractivity contribution in [3.8, 4) is 0 Å². The number of hydrogen-bond donors (Lipinski definition) is 1. The van der Waals surface area contributed by atoms with Crippen molar-refractivity contribution in [2.45, 2.75) is 59.5 Å². The van der Waals surface area contributed by atoms with E-state index < -0.39 is 0 Å². The van der Waals surface area contributed by atoms with Gasteiger partial charge in [-0.05, 0) is 25.3 Å². The summed E-state index contributed by atoms with van der Waals surface area (Å²) in [5, 5.41) is 3.52. The Morgan fingerprint density at radius 2 is 1.67 bits per heavy atom. The van der Waals surface area contributed by atoms with Gasteiger partial charge in [0.05, 0.1) is 6.61 Å². The molecule has 0 saturated carbocycles. The Labute approximate surface area is 114 Å². The van der Waals surface area contributed by atoms with Crippen LogP contribution in [0.3, 0.4) is 0 Å². The standard InChI is InChI=1S/C15H34N2O/c1-7-15(8-2)17(10-13(4)5)11-14(12-18-6)16-9-3/h13-16H,7-12H2,1-6H3. The maximum atomic E-state index is 5.32. The largest absolute Gasteiger partial charge is 0.383 e. The van der Waals surface area contributed by atoms with Crippen molar-refractivity contribution >= 4 is 0 Å². The lowest BCUT2D eigenvalue weighted by Crippen LogP contribution is -2.48. The van der Waals surface area contributed by atoms with Gasteiger partial charge in [-0.1, -0.05) is 34.6 Å². The molecule has 0 aliphatic rings. The van der Waals surface area contributed by atoms with Crippen LogP contribution in [0.15, 0.2) is 0 Å². The van der Waals surface area contributed by atoms with Gasteiger partial charge < -0.3 is 10.1 Å². The third-order valence-corrected chi connectivity index (χ3v) is 3.37. The first-order valence-corrected chi connectivity index (χ1v) is 7.55. The first-order chi connectivity index (χ1) is 8.58. The summed E-state index contributed by atoms with van der Waals surface area (Å²) in [4.78, 5) is 2.64. The minimum atomic E-state index is 0.444. The average Bonchev–Trinajstić information content (AvgIpc) is 2.30. The fourth-order valence-corrected chi connectivity index (χ4v) is 2.60. The maximum absolute atomic E-state index is 5.32. The smallest absolute Gasteiger partial charge is 0.0628 e. The Kier molecular flexibility index (Phi) is 10.7. The Balaban J connectivity index is 4.51. The molecule has 0 aliphatic heterocycles. The highest BCUT2D eigenvalue weighted by molar-refractivity contribution is 4.77. The molecular formula is C15H34N2O. The summed E-state index contributed by atoms with van der Waals surface area (Å²) < 4.78 is 5.32. The number of rotatable bonds is 11. The molecule has 0 spiro atoms. The zero-order valence-electron chi connectivity index (χ0n) is 13.3. The van der Waals surface area contributed by atoms with Crippen molar-refractivity contribution < 1.29 is 4.74 Å². The van der Waals surface area contributed by atoms with Gasteiger partial charge in [0.15, 0.2) is 0 Å². The van der Waals surface area contributed by atoms with E-state index in [1.165, 1.54) is 19.4 Å². The van der Waals surface area contributed by atoms with Crippen molar-refractivity contribution in [1.82, 2.24) is 10.2 Å². The summed E-state index contributed by atoms with van der Waals surface area (Å²) in [5.41, 5.74) is 0. The van der Waals surface area contributed by atoms with E-state index in [4.69, 9.17) is 4.74 Å². The van der Waals surface area contributed by atoms with Gasteiger partial charge in [-0.15, -0.1) is 0 Å². The molecule has 0 rings (SSSR count). The molecule has 0 aromatic heterocycles. The molecule has 0 amide bonds. The van der Waals surface area contributed by atoms with Crippen LogP contribution in [-0.4, -0.2) is 50.3 Å². The van der Waals surface area contributed by atoms with E-state index in [1.54, 1.807) is 7.11 Å². The van der Waals surface area contributed by atoms with Gasteiger partial charge in [-0.2, -0.15) is 0 Å². The Hall–Kier alpha value is -0.120. The van der Waals surface area contributed by atoms with E-state index >= 15 is 0 Å². The van der Waals surface area contributed by atoms with Gasteiger partial charge in [-0.3, -0.25) is 4.90 Å². The Bertz CT molecular complexity index is 175. The van der Waals surface area contributed by atoms with Crippen molar-refractivity contribution in [2.24, 2.45) is 5.92 Å². The summed E-state index contributed by atoms with van der Waals surface area (Å²) in [6, 6.07) is 1.14. The first kappa shape index (κ1) is 17.9. The SMILES string of the molecule is CCNC(COC)CN(CC(C)C)C(CC)CC. The van der Waals surface area contributed by atoms with E-state index in [1.807, 2.05) is 0 Å². The number of likely N-dealkylation sites (N-methyl/N-ethyl adjacent to an activating group) is 1. The topological polar surface area (TPSA) is 24.5 Å². The van der Waals surface area contributed by atoms with Gasteiger partial charge in [0.25, 0.3) is 0 Å². The second-order valence-corrected chi connectivity index (χ2v) is 5.53. The number of nitrogens with one attached hydrogen (secondary N) is 1. The van der Waals surface area contributed by atoms with Crippen LogP contribution < -0.4 is 5.32 Å². The van der Waals surface area contributed by atoms with Crippen LogP contribution in [0.5, 0.6) is 0 Å². The molecule has 1 unspecified atom stereocenters. The van der Waals surface area contributed by atoms with E-state index in [9.17, 15) is 0 Å². The average molecular weight is 258 g/mol. The lowest BCUT2D eigenvalue weighted by molar-refractivity contribution is 0.106. The van der Waals surface area contributed by atoms with Crippen molar-refractivity contribution in [1.29, 1.82) is 0 Å². The quantitative estimate of drug-likeness (QED) is 0.617. The number of ether oxygens (including phenoxy) is 1. The van der Waals surface area contributed by atoms with Gasteiger partial charge in [0, 0.05) is 32.3 Å². The Morgan fingerprint density at radius 3 is 2.06 bits per heavy atom. The molecule has 0 fully saturated rings. The van der Waals surface area contributed by atoms with E-state index in [0.29, 0.717) is 12.1 Å². The van der Waals surface area contributed by atoms with Gasteiger partial charge in [-0.25, -0.2) is 0 Å². The monoisotopic (exact) mass is 258 g/mol. The van der Waals surface area contributed by atoms with E-state index in [0.717, 1.165) is 25.6 Å². The van der Waals surface area contributed by atoms with E-state index in [-0.39, 0.29) is 0 Å². The van der Waals surface area contributed by atoms with Crippen LogP contribution >= 0.6 is 0 Å². The van der Waals surface area contributed by atoms with E-state index in [2.05, 4.69) is 44.8 Å². The molecule has 0 aliphatic carbocycles. The molecule has 0 saturated heterocycles. The minimum absolute atomic E-state index is 0.444. The summed E-state index contributed by atoms with van der Waals surface area (Å²) >= 11 is 0. The second kappa shape index (κ2) is 10.8. The predicted octanol–water partition coefficient (Wildman–Crippen LogP) is 2.76. The molecule has 0 radical (unpaired) electrons. The molecule has 0 aromatic rings. The summed E-state index contributed by atoms with van der Waals surface area (Å²) in [5.74, 6) is 0.718. The van der Waals surface area contributed by atoms with Crippen LogP contribution in [0, 0.1) is 5.92 Å². The fourth-order valence-electron chi connectivity index (χ4n) is 2.60. The van der Waals surface area contributed by atoms with Crippen molar-refractivity contribution in [3.63, 3.8) is 0 Å². The summed E-state index contributed by atoms with van der Waals surface area (Å²) in [6.45, 7) is 15.4. The zero-order chi connectivity index (χ0) is 14.0. The molecule has 18 heavy (non-hydrogen) atoms. The van der Waals surface area contributed by atoms with Crippen LogP contribution in [0.25, 0.3) is 0 Å². The number of methoxy groups -OCH3 is 1. The molecule has 1 N–H and O–H groups in total. The molecule has 3 heteroatoms. The summed E-state index contributed by atoms with van der Waals surface area (Å²) in [7, 11) is 1.79. The van der Waals surface area contributed by atoms with Crippen molar-refractivity contribution in [3.05, 3.63) is 0 Å². The van der Waals surface area contributed by atoms with Gasteiger partial charge in [0.2, 0.25) is 0 Å². The molecule has 3 nitrogen and oxygen atoms in total. The van der Waals surface area contributed by atoms with Crippen LogP contribution in [0.4, 0.5) is 0 Å². The highest BCUT2D eigenvalue weighted by Crippen LogP contribution is 2.12. The normalized spacial score (nSPS) is 13.8. The molecule has 1 atom stereocenters. The summed E-state index contributed by atoms with van der Waals surface area (Å²) in [6.07, 6.45) is 2.46.